The molecule has 0 saturated heterocycles. The van der Waals surface area contributed by atoms with Gasteiger partial charge in [-0.1, -0.05) is 28.9 Å². The molecule has 2 rings (SSSR count). The van der Waals surface area contributed by atoms with E-state index < -0.39 is 0 Å². The summed E-state index contributed by atoms with van der Waals surface area (Å²) in [6.45, 7) is 3.06. The van der Waals surface area contributed by atoms with Crippen molar-refractivity contribution >= 4 is 43.2 Å². The zero-order valence-electron chi connectivity index (χ0n) is 11.1. The van der Waals surface area contributed by atoms with E-state index in [4.69, 9.17) is 0 Å². The molecule has 0 amide bonds. The van der Waals surface area contributed by atoms with E-state index in [1.807, 2.05) is 18.2 Å². The van der Waals surface area contributed by atoms with Crippen LogP contribution >= 0.6 is 43.2 Å². The van der Waals surface area contributed by atoms with Gasteiger partial charge < -0.3 is 5.32 Å². The van der Waals surface area contributed by atoms with Crippen molar-refractivity contribution in [1.29, 1.82) is 0 Å². The first kappa shape index (κ1) is 16.1. The summed E-state index contributed by atoms with van der Waals surface area (Å²) < 4.78 is 15.9. The van der Waals surface area contributed by atoms with Crippen molar-refractivity contribution in [2.75, 3.05) is 6.54 Å². The van der Waals surface area contributed by atoms with E-state index >= 15 is 0 Å². The summed E-state index contributed by atoms with van der Waals surface area (Å²) in [5.41, 5.74) is 0.738. The summed E-state index contributed by atoms with van der Waals surface area (Å²) in [7, 11) is 0. The highest BCUT2D eigenvalue weighted by Gasteiger charge is 2.17. The largest absolute Gasteiger partial charge is 0.309 e. The summed E-state index contributed by atoms with van der Waals surface area (Å²) in [5.74, 6) is -0.157. The maximum absolute atomic E-state index is 14.0. The normalized spacial score (nSPS) is 12.6. The van der Waals surface area contributed by atoms with Crippen molar-refractivity contribution < 1.29 is 4.39 Å². The lowest BCUT2D eigenvalue weighted by atomic mass is 10.0. The molecule has 0 bridgehead atoms. The van der Waals surface area contributed by atoms with Crippen molar-refractivity contribution in [2.45, 2.75) is 25.8 Å². The van der Waals surface area contributed by atoms with E-state index in [2.05, 4.69) is 49.5 Å². The highest BCUT2D eigenvalue weighted by molar-refractivity contribution is 9.10. The summed E-state index contributed by atoms with van der Waals surface area (Å²) in [4.78, 5) is 1.22. The molecule has 5 heteroatoms. The SMILES string of the molecule is CCCNC(Cc1ccc(Br)cc1F)c1sccc1Br. The van der Waals surface area contributed by atoms with Gasteiger partial charge in [0.2, 0.25) is 0 Å². The first-order chi connectivity index (χ1) is 9.61. The average molecular weight is 421 g/mol. The fraction of sp³-hybridized carbons (Fsp3) is 0.333. The second-order valence-electron chi connectivity index (χ2n) is 4.58. The molecular weight excluding hydrogens is 405 g/mol. The Kier molecular flexibility index (Phi) is 6.20. The van der Waals surface area contributed by atoms with Gasteiger partial charge in [-0.3, -0.25) is 0 Å². The lowest BCUT2D eigenvalue weighted by molar-refractivity contribution is 0.518. The second-order valence-corrected chi connectivity index (χ2v) is 7.30. The van der Waals surface area contributed by atoms with Crippen LogP contribution in [0.3, 0.4) is 0 Å². The number of hydrogen-bond donors (Lipinski definition) is 1. The van der Waals surface area contributed by atoms with Crippen LogP contribution in [0.15, 0.2) is 38.6 Å². The van der Waals surface area contributed by atoms with E-state index in [9.17, 15) is 4.39 Å². The molecule has 1 aromatic carbocycles. The van der Waals surface area contributed by atoms with Gasteiger partial charge >= 0.3 is 0 Å². The summed E-state index contributed by atoms with van der Waals surface area (Å²) >= 11 is 8.56. The van der Waals surface area contributed by atoms with E-state index in [1.54, 1.807) is 11.3 Å². The first-order valence-electron chi connectivity index (χ1n) is 6.52. The monoisotopic (exact) mass is 419 g/mol. The Labute approximate surface area is 139 Å². The fourth-order valence-electron chi connectivity index (χ4n) is 2.04. The van der Waals surface area contributed by atoms with Crippen LogP contribution in [0.4, 0.5) is 4.39 Å². The van der Waals surface area contributed by atoms with Crippen LogP contribution in [0.1, 0.15) is 29.8 Å². The van der Waals surface area contributed by atoms with Gasteiger partial charge in [0.15, 0.2) is 0 Å². The van der Waals surface area contributed by atoms with E-state index in [0.29, 0.717) is 6.42 Å². The summed E-state index contributed by atoms with van der Waals surface area (Å²) in [6, 6.07) is 7.44. The fourth-order valence-corrected chi connectivity index (χ4v) is 4.10. The molecule has 0 radical (unpaired) electrons. The molecule has 0 aliphatic carbocycles. The lowest BCUT2D eigenvalue weighted by Gasteiger charge is -2.18. The lowest BCUT2D eigenvalue weighted by Crippen LogP contribution is -2.24. The molecule has 0 aliphatic rings. The van der Waals surface area contributed by atoms with Crippen molar-refractivity contribution in [3.05, 3.63) is 54.8 Å². The zero-order valence-corrected chi connectivity index (χ0v) is 15.1. The molecule has 108 valence electrons. The molecule has 2 aromatic rings. The number of halogens is 3. The molecule has 20 heavy (non-hydrogen) atoms. The van der Waals surface area contributed by atoms with Gasteiger partial charge in [0, 0.05) is 19.9 Å². The average Bonchev–Trinajstić information content (AvgIpc) is 2.83. The Balaban J connectivity index is 2.21. The third-order valence-corrected chi connectivity index (χ3v) is 5.52. The van der Waals surface area contributed by atoms with Gasteiger partial charge in [-0.05, 0) is 64.5 Å². The Morgan fingerprint density at radius 3 is 2.70 bits per heavy atom. The van der Waals surface area contributed by atoms with Crippen molar-refractivity contribution in [1.82, 2.24) is 5.32 Å². The first-order valence-corrected chi connectivity index (χ1v) is 8.98. The zero-order chi connectivity index (χ0) is 14.5. The molecule has 1 atom stereocenters. The van der Waals surface area contributed by atoms with Crippen LogP contribution in [0.2, 0.25) is 0 Å². The molecule has 0 aliphatic heterocycles. The minimum Gasteiger partial charge on any atom is -0.309 e. The summed E-state index contributed by atoms with van der Waals surface area (Å²) in [6.07, 6.45) is 1.71. The number of benzene rings is 1. The predicted molar refractivity (Wildman–Crippen MR) is 90.9 cm³/mol. The number of thiophene rings is 1. The molecule has 1 unspecified atom stereocenters. The molecule has 1 heterocycles. The van der Waals surface area contributed by atoms with Crippen LogP contribution in [0, 0.1) is 5.82 Å². The highest BCUT2D eigenvalue weighted by Crippen LogP contribution is 2.32. The molecule has 1 nitrogen and oxygen atoms in total. The van der Waals surface area contributed by atoms with Crippen LogP contribution < -0.4 is 5.32 Å². The Morgan fingerprint density at radius 1 is 1.30 bits per heavy atom. The third-order valence-electron chi connectivity index (χ3n) is 3.04. The third kappa shape index (κ3) is 4.13. The maximum Gasteiger partial charge on any atom is 0.127 e. The van der Waals surface area contributed by atoms with Gasteiger partial charge in [-0.25, -0.2) is 4.39 Å². The Hall–Kier alpha value is -0.230. The second kappa shape index (κ2) is 7.69. The number of hydrogen-bond acceptors (Lipinski definition) is 2. The molecule has 1 aromatic heterocycles. The minimum atomic E-state index is -0.157. The van der Waals surface area contributed by atoms with Crippen molar-refractivity contribution in [3.8, 4) is 0 Å². The smallest absolute Gasteiger partial charge is 0.127 e. The minimum absolute atomic E-state index is 0.139. The standard InChI is InChI=1S/C15H16Br2FNS/c1-2-6-19-14(15-12(17)5-7-20-15)8-10-3-4-11(16)9-13(10)18/h3-5,7,9,14,19H,2,6,8H2,1H3. The molecule has 0 saturated carbocycles. The molecule has 1 N–H and O–H groups in total. The van der Waals surface area contributed by atoms with Crippen LogP contribution in [-0.2, 0) is 6.42 Å². The van der Waals surface area contributed by atoms with Crippen LogP contribution in [0.5, 0.6) is 0 Å². The molecule has 0 spiro atoms. The molecular formula is C15H16Br2FNS. The highest BCUT2D eigenvalue weighted by atomic mass is 79.9. The van der Waals surface area contributed by atoms with Gasteiger partial charge in [0.05, 0.1) is 0 Å². The maximum atomic E-state index is 14.0. The van der Waals surface area contributed by atoms with E-state index in [1.165, 1.54) is 10.9 Å². The number of nitrogens with one attached hydrogen (secondary N) is 1. The van der Waals surface area contributed by atoms with Crippen LogP contribution in [0.25, 0.3) is 0 Å². The summed E-state index contributed by atoms with van der Waals surface area (Å²) in [5, 5.41) is 5.56. The Morgan fingerprint density at radius 2 is 2.10 bits per heavy atom. The van der Waals surface area contributed by atoms with Gasteiger partial charge in [-0.2, -0.15) is 0 Å². The number of rotatable bonds is 6. The van der Waals surface area contributed by atoms with Gasteiger partial charge in [0.25, 0.3) is 0 Å². The Bertz CT molecular complexity index is 571. The van der Waals surface area contributed by atoms with Gasteiger partial charge in [-0.15, -0.1) is 11.3 Å². The topological polar surface area (TPSA) is 12.0 Å². The van der Waals surface area contributed by atoms with Crippen LogP contribution in [-0.4, -0.2) is 6.54 Å². The van der Waals surface area contributed by atoms with Crippen molar-refractivity contribution in [2.24, 2.45) is 0 Å². The van der Waals surface area contributed by atoms with E-state index in [0.717, 1.165) is 27.5 Å². The molecule has 0 fully saturated rings. The predicted octanol–water partition coefficient (Wildman–Crippen LogP) is 5.70. The van der Waals surface area contributed by atoms with Gasteiger partial charge in [0.1, 0.15) is 5.82 Å². The van der Waals surface area contributed by atoms with E-state index in [-0.39, 0.29) is 11.9 Å². The quantitative estimate of drug-likeness (QED) is 0.632. The van der Waals surface area contributed by atoms with Crippen molar-refractivity contribution in [3.63, 3.8) is 0 Å².